The highest BCUT2D eigenvalue weighted by Crippen LogP contribution is 2.02. The van der Waals surface area contributed by atoms with Crippen LogP contribution in [0.2, 0.25) is 0 Å². The Morgan fingerprint density at radius 3 is 2.89 bits per heavy atom. The molecule has 0 unspecified atom stereocenters. The second kappa shape index (κ2) is 8.41. The van der Waals surface area contributed by atoms with E-state index in [1.165, 1.54) is 0 Å². The van der Waals surface area contributed by atoms with E-state index in [9.17, 15) is 4.79 Å². The van der Waals surface area contributed by atoms with Crippen LogP contribution in [0.25, 0.3) is 0 Å². The monoisotopic (exact) mass is 267 g/mol. The molecule has 0 fully saturated rings. The van der Waals surface area contributed by atoms with E-state index in [0.717, 1.165) is 6.54 Å². The van der Waals surface area contributed by atoms with Gasteiger partial charge in [0.05, 0.1) is 13.2 Å². The van der Waals surface area contributed by atoms with Crippen molar-refractivity contribution in [1.82, 2.24) is 15.2 Å². The van der Waals surface area contributed by atoms with E-state index in [0.29, 0.717) is 31.3 Å². The molecule has 1 amide bonds. The highest BCUT2D eigenvalue weighted by Gasteiger charge is 2.06. The van der Waals surface area contributed by atoms with Crippen LogP contribution in [-0.4, -0.2) is 56.2 Å². The predicted molar refractivity (Wildman–Crippen MR) is 73.8 cm³/mol. The first kappa shape index (κ1) is 15.4. The van der Waals surface area contributed by atoms with Gasteiger partial charge < -0.3 is 20.4 Å². The number of carbonyl (C=O) groups is 1. The van der Waals surface area contributed by atoms with Gasteiger partial charge in [-0.1, -0.05) is 6.07 Å². The average Bonchev–Trinajstić information content (AvgIpc) is 2.42. The van der Waals surface area contributed by atoms with Gasteiger partial charge in [-0.15, -0.1) is 0 Å². The molecule has 0 bridgehead atoms. The molecule has 7 nitrogen and oxygen atoms in total. The number of nitrogens with zero attached hydrogens (tertiary/aromatic N) is 2. The van der Waals surface area contributed by atoms with Crippen molar-refractivity contribution in [1.29, 1.82) is 0 Å². The number of nitrogen functional groups attached to an aromatic ring is 1. The summed E-state index contributed by atoms with van der Waals surface area (Å²) in [5.41, 5.74) is 2.72. The Kier molecular flexibility index (Phi) is 6.80. The summed E-state index contributed by atoms with van der Waals surface area (Å²) < 4.78 is 5.37. The van der Waals surface area contributed by atoms with Crippen LogP contribution in [-0.2, 0) is 4.74 Å². The highest BCUT2D eigenvalue weighted by molar-refractivity contribution is 5.92. The molecule has 0 atom stereocenters. The number of ether oxygens (including phenoxy) is 1. The summed E-state index contributed by atoms with van der Waals surface area (Å²) in [6.07, 6.45) is 0. The van der Waals surface area contributed by atoms with Crippen molar-refractivity contribution < 1.29 is 9.53 Å². The standard InChI is InChI=1S/C12H21N5O2/c1-17(2)7-9-19-8-6-14-12(18)10-4-3-5-11(15-10)16-13/h3-5H,6-9,13H2,1-2H3,(H,14,18)(H,15,16). The fourth-order valence-corrected chi connectivity index (χ4v) is 1.32. The van der Waals surface area contributed by atoms with Gasteiger partial charge in [0.25, 0.3) is 5.91 Å². The van der Waals surface area contributed by atoms with Gasteiger partial charge in [0.15, 0.2) is 0 Å². The Hall–Kier alpha value is -1.70. The number of likely N-dealkylation sites (N-methyl/N-ethyl adjacent to an activating group) is 1. The number of pyridine rings is 1. The molecule has 106 valence electrons. The number of hydrogen-bond donors (Lipinski definition) is 3. The molecule has 1 rings (SSSR count). The minimum Gasteiger partial charge on any atom is -0.378 e. The fourth-order valence-electron chi connectivity index (χ4n) is 1.32. The summed E-state index contributed by atoms with van der Waals surface area (Å²) in [6.45, 7) is 2.44. The van der Waals surface area contributed by atoms with E-state index < -0.39 is 0 Å². The van der Waals surface area contributed by atoms with Gasteiger partial charge in [-0.05, 0) is 26.2 Å². The summed E-state index contributed by atoms with van der Waals surface area (Å²) in [7, 11) is 3.96. The summed E-state index contributed by atoms with van der Waals surface area (Å²) in [4.78, 5) is 17.8. The summed E-state index contributed by atoms with van der Waals surface area (Å²) >= 11 is 0. The molecule has 0 aliphatic carbocycles. The minimum absolute atomic E-state index is 0.242. The van der Waals surface area contributed by atoms with Gasteiger partial charge in [-0.2, -0.15) is 0 Å². The Balaban J connectivity index is 2.23. The first-order chi connectivity index (χ1) is 9.13. The lowest BCUT2D eigenvalue weighted by molar-refractivity contribution is 0.0896. The Labute approximate surface area is 113 Å². The molecule has 1 heterocycles. The van der Waals surface area contributed by atoms with Gasteiger partial charge in [0, 0.05) is 13.1 Å². The topological polar surface area (TPSA) is 92.5 Å². The molecule has 4 N–H and O–H groups in total. The molecular formula is C12H21N5O2. The minimum atomic E-state index is -0.242. The Morgan fingerprint density at radius 2 is 2.21 bits per heavy atom. The van der Waals surface area contributed by atoms with Crippen LogP contribution in [0.5, 0.6) is 0 Å². The highest BCUT2D eigenvalue weighted by atomic mass is 16.5. The number of aromatic nitrogens is 1. The molecule has 0 aliphatic heterocycles. The van der Waals surface area contributed by atoms with E-state index in [1.54, 1.807) is 18.2 Å². The normalized spacial score (nSPS) is 10.5. The molecule has 0 saturated carbocycles. The lowest BCUT2D eigenvalue weighted by Crippen LogP contribution is -2.29. The number of rotatable bonds is 8. The smallest absolute Gasteiger partial charge is 0.270 e. The first-order valence-corrected chi connectivity index (χ1v) is 6.08. The van der Waals surface area contributed by atoms with Gasteiger partial charge >= 0.3 is 0 Å². The molecule has 0 aromatic carbocycles. The summed E-state index contributed by atoms with van der Waals surface area (Å²) in [5, 5.41) is 2.73. The quantitative estimate of drug-likeness (QED) is 0.339. The zero-order valence-electron chi connectivity index (χ0n) is 11.3. The first-order valence-electron chi connectivity index (χ1n) is 6.08. The molecule has 7 heteroatoms. The summed E-state index contributed by atoms with van der Waals surface area (Å²) in [5.74, 6) is 5.44. The number of anilines is 1. The van der Waals surface area contributed by atoms with Crippen molar-refractivity contribution in [3.05, 3.63) is 23.9 Å². The van der Waals surface area contributed by atoms with Crippen molar-refractivity contribution in [2.75, 3.05) is 45.8 Å². The third-order valence-electron chi connectivity index (χ3n) is 2.34. The van der Waals surface area contributed by atoms with Crippen LogP contribution in [0.4, 0.5) is 5.82 Å². The Bertz CT molecular complexity index is 397. The maximum atomic E-state index is 11.7. The SMILES string of the molecule is CN(C)CCOCCNC(=O)c1cccc(NN)n1. The van der Waals surface area contributed by atoms with Gasteiger partial charge in [0.2, 0.25) is 0 Å². The van der Waals surface area contributed by atoms with Crippen LogP contribution < -0.4 is 16.6 Å². The van der Waals surface area contributed by atoms with Crippen LogP contribution in [0.15, 0.2) is 18.2 Å². The van der Waals surface area contributed by atoms with Crippen molar-refractivity contribution in [3.8, 4) is 0 Å². The van der Waals surface area contributed by atoms with Gasteiger partial charge in [-0.3, -0.25) is 4.79 Å². The van der Waals surface area contributed by atoms with Crippen molar-refractivity contribution in [2.24, 2.45) is 5.84 Å². The molecule has 1 aromatic heterocycles. The second-order valence-corrected chi connectivity index (χ2v) is 4.22. The van der Waals surface area contributed by atoms with Crippen molar-refractivity contribution in [3.63, 3.8) is 0 Å². The predicted octanol–water partition coefficient (Wildman–Crippen LogP) is -0.325. The van der Waals surface area contributed by atoms with Crippen LogP contribution in [0, 0.1) is 0 Å². The average molecular weight is 267 g/mol. The number of nitrogens with one attached hydrogen (secondary N) is 2. The molecule has 0 spiro atoms. The zero-order valence-corrected chi connectivity index (χ0v) is 11.3. The lowest BCUT2D eigenvalue weighted by atomic mass is 10.3. The van der Waals surface area contributed by atoms with E-state index in [1.807, 2.05) is 19.0 Å². The lowest BCUT2D eigenvalue weighted by Gasteiger charge is -2.10. The third kappa shape index (κ3) is 6.14. The molecule has 1 aromatic rings. The molecule has 0 saturated heterocycles. The second-order valence-electron chi connectivity index (χ2n) is 4.22. The number of carbonyl (C=O) groups excluding carboxylic acids is 1. The summed E-state index contributed by atoms with van der Waals surface area (Å²) in [6, 6.07) is 5.02. The van der Waals surface area contributed by atoms with Crippen molar-refractivity contribution >= 4 is 11.7 Å². The largest absolute Gasteiger partial charge is 0.378 e. The van der Waals surface area contributed by atoms with Gasteiger partial charge in [0.1, 0.15) is 11.5 Å². The maximum absolute atomic E-state index is 11.7. The van der Waals surface area contributed by atoms with Crippen LogP contribution >= 0.6 is 0 Å². The molecule has 0 aliphatic rings. The number of hydrogen-bond acceptors (Lipinski definition) is 6. The fraction of sp³-hybridized carbons (Fsp3) is 0.500. The molecular weight excluding hydrogens is 246 g/mol. The number of nitrogens with two attached hydrogens (primary N) is 1. The van der Waals surface area contributed by atoms with Crippen LogP contribution in [0.1, 0.15) is 10.5 Å². The van der Waals surface area contributed by atoms with E-state index in [4.69, 9.17) is 10.6 Å². The van der Waals surface area contributed by atoms with Crippen molar-refractivity contribution in [2.45, 2.75) is 0 Å². The molecule has 19 heavy (non-hydrogen) atoms. The number of hydrazine groups is 1. The van der Waals surface area contributed by atoms with Crippen LogP contribution in [0.3, 0.4) is 0 Å². The third-order valence-corrected chi connectivity index (χ3v) is 2.34. The number of amides is 1. The van der Waals surface area contributed by atoms with Gasteiger partial charge in [-0.25, -0.2) is 10.8 Å². The molecule has 0 radical (unpaired) electrons. The zero-order chi connectivity index (χ0) is 14.1. The van der Waals surface area contributed by atoms with E-state index in [2.05, 4.69) is 15.7 Å². The van der Waals surface area contributed by atoms with E-state index >= 15 is 0 Å². The Morgan fingerprint density at radius 1 is 1.42 bits per heavy atom. The maximum Gasteiger partial charge on any atom is 0.270 e. The van der Waals surface area contributed by atoms with E-state index in [-0.39, 0.29) is 5.91 Å².